The van der Waals surface area contributed by atoms with Crippen LogP contribution in [0.3, 0.4) is 0 Å². The van der Waals surface area contributed by atoms with Crippen molar-refractivity contribution < 1.29 is 9.63 Å². The molecule has 1 aliphatic rings. The van der Waals surface area contributed by atoms with E-state index in [4.69, 9.17) is 16.4 Å². The second-order valence-electron chi connectivity index (χ2n) is 3.43. The number of likely N-dealkylation sites (N-methyl/N-ethyl adjacent to an activating group) is 1. The minimum absolute atomic E-state index is 0.0418. The molecule has 0 saturated carbocycles. The zero-order valence-electron chi connectivity index (χ0n) is 7.95. The second-order valence-corrected chi connectivity index (χ2v) is 3.87. The number of carbonyl (C=O) groups is 1. The first-order valence-electron chi connectivity index (χ1n) is 4.27. The van der Waals surface area contributed by atoms with E-state index < -0.39 is 5.60 Å². The van der Waals surface area contributed by atoms with Gasteiger partial charge < -0.3 is 0 Å². The van der Waals surface area contributed by atoms with Crippen LogP contribution in [0.25, 0.3) is 0 Å². The quantitative estimate of drug-likeness (QED) is 0.711. The summed E-state index contributed by atoms with van der Waals surface area (Å²) in [7, 11) is 1.60. The standard InChI is InChI=1S/C10H10ClNO2/c1-10(9(13)12(2)14-10)7-3-5-8(11)6-4-7/h3-6H,1-2H3. The summed E-state index contributed by atoms with van der Waals surface area (Å²) < 4.78 is 0. The molecule has 0 aromatic heterocycles. The van der Waals surface area contributed by atoms with E-state index in [1.54, 1.807) is 38.2 Å². The fraction of sp³-hybridized carbons (Fsp3) is 0.300. The molecule has 1 heterocycles. The molecular weight excluding hydrogens is 202 g/mol. The number of hydrogen-bond donors (Lipinski definition) is 0. The van der Waals surface area contributed by atoms with Gasteiger partial charge in [-0.1, -0.05) is 23.7 Å². The Morgan fingerprint density at radius 2 is 1.93 bits per heavy atom. The van der Waals surface area contributed by atoms with Gasteiger partial charge in [0, 0.05) is 12.1 Å². The molecule has 0 N–H and O–H groups in total. The van der Waals surface area contributed by atoms with Gasteiger partial charge in [0.25, 0.3) is 5.91 Å². The largest absolute Gasteiger partial charge is 0.285 e. The van der Waals surface area contributed by atoms with Crippen molar-refractivity contribution in [3.63, 3.8) is 0 Å². The van der Waals surface area contributed by atoms with Crippen LogP contribution in [-0.2, 0) is 15.2 Å². The highest BCUT2D eigenvalue weighted by Crippen LogP contribution is 2.36. The maximum Gasteiger partial charge on any atom is 0.285 e. The van der Waals surface area contributed by atoms with Crippen LogP contribution < -0.4 is 0 Å². The molecule has 1 aromatic carbocycles. The van der Waals surface area contributed by atoms with Crippen molar-refractivity contribution in [2.75, 3.05) is 7.05 Å². The molecule has 2 rings (SSSR count). The lowest BCUT2D eigenvalue weighted by atomic mass is 9.93. The third kappa shape index (κ3) is 1.21. The molecule has 0 radical (unpaired) electrons. The van der Waals surface area contributed by atoms with Crippen LogP contribution in [-0.4, -0.2) is 18.0 Å². The summed E-state index contributed by atoms with van der Waals surface area (Å²) in [5, 5.41) is 1.88. The van der Waals surface area contributed by atoms with Gasteiger partial charge in [0.1, 0.15) is 0 Å². The van der Waals surface area contributed by atoms with Crippen molar-refractivity contribution in [1.29, 1.82) is 0 Å². The molecule has 1 fully saturated rings. The van der Waals surface area contributed by atoms with Crippen molar-refractivity contribution in [2.24, 2.45) is 0 Å². The Labute approximate surface area is 87.2 Å². The number of hydroxylamine groups is 2. The summed E-state index contributed by atoms with van der Waals surface area (Å²) in [4.78, 5) is 16.8. The number of benzene rings is 1. The summed E-state index contributed by atoms with van der Waals surface area (Å²) in [6, 6.07) is 7.09. The fourth-order valence-corrected chi connectivity index (χ4v) is 1.69. The van der Waals surface area contributed by atoms with E-state index in [2.05, 4.69) is 0 Å². The first kappa shape index (κ1) is 9.49. The first-order valence-corrected chi connectivity index (χ1v) is 4.65. The molecular formula is C10H10ClNO2. The van der Waals surface area contributed by atoms with Gasteiger partial charge in [-0.2, -0.15) is 0 Å². The lowest BCUT2D eigenvalue weighted by molar-refractivity contribution is -0.298. The molecule has 1 saturated heterocycles. The second kappa shape index (κ2) is 2.97. The third-order valence-electron chi connectivity index (χ3n) is 2.41. The van der Waals surface area contributed by atoms with Gasteiger partial charge in [-0.25, -0.2) is 9.90 Å². The van der Waals surface area contributed by atoms with E-state index in [9.17, 15) is 4.79 Å². The number of hydrogen-bond acceptors (Lipinski definition) is 2. The molecule has 1 atom stereocenters. The van der Waals surface area contributed by atoms with Crippen molar-refractivity contribution in [1.82, 2.24) is 5.06 Å². The maximum absolute atomic E-state index is 11.5. The van der Waals surface area contributed by atoms with Gasteiger partial charge in [0.05, 0.1) is 0 Å². The van der Waals surface area contributed by atoms with Gasteiger partial charge in [-0.05, 0) is 24.6 Å². The lowest BCUT2D eigenvalue weighted by Crippen LogP contribution is -2.58. The van der Waals surface area contributed by atoms with Crippen molar-refractivity contribution in [3.8, 4) is 0 Å². The highest BCUT2D eigenvalue weighted by atomic mass is 35.5. The molecule has 0 aliphatic carbocycles. The van der Waals surface area contributed by atoms with Crippen molar-refractivity contribution in [3.05, 3.63) is 34.9 Å². The Kier molecular flexibility index (Phi) is 2.01. The van der Waals surface area contributed by atoms with Gasteiger partial charge in [-0.15, -0.1) is 0 Å². The van der Waals surface area contributed by atoms with E-state index in [0.717, 1.165) is 5.56 Å². The first-order chi connectivity index (χ1) is 6.54. The zero-order valence-corrected chi connectivity index (χ0v) is 8.71. The van der Waals surface area contributed by atoms with Gasteiger partial charge in [-0.3, -0.25) is 4.79 Å². The Morgan fingerprint density at radius 1 is 1.36 bits per heavy atom. The lowest BCUT2D eigenvalue weighted by Gasteiger charge is -2.43. The zero-order chi connectivity index (χ0) is 10.3. The van der Waals surface area contributed by atoms with Crippen molar-refractivity contribution in [2.45, 2.75) is 12.5 Å². The fourth-order valence-electron chi connectivity index (χ4n) is 1.56. The molecule has 74 valence electrons. The van der Waals surface area contributed by atoms with E-state index >= 15 is 0 Å². The average molecular weight is 212 g/mol. The summed E-state index contributed by atoms with van der Waals surface area (Å²) >= 11 is 5.75. The van der Waals surface area contributed by atoms with Crippen LogP contribution in [0.1, 0.15) is 12.5 Å². The smallest absolute Gasteiger partial charge is 0.269 e. The summed E-state index contributed by atoms with van der Waals surface area (Å²) in [5.74, 6) is -0.0418. The molecule has 1 amide bonds. The Morgan fingerprint density at radius 3 is 2.36 bits per heavy atom. The number of rotatable bonds is 1. The number of halogens is 1. The van der Waals surface area contributed by atoms with Crippen LogP contribution in [0.2, 0.25) is 5.02 Å². The Bertz CT molecular complexity index is 376. The number of carbonyl (C=O) groups excluding carboxylic acids is 1. The van der Waals surface area contributed by atoms with E-state index in [0.29, 0.717) is 5.02 Å². The van der Waals surface area contributed by atoms with Crippen LogP contribution in [0.4, 0.5) is 0 Å². The molecule has 14 heavy (non-hydrogen) atoms. The van der Waals surface area contributed by atoms with Crippen LogP contribution in [0, 0.1) is 0 Å². The SMILES string of the molecule is CN1OC(C)(c2ccc(Cl)cc2)C1=O. The molecule has 1 aromatic rings. The number of amides is 1. The molecule has 0 spiro atoms. The Balaban J connectivity index is 2.32. The van der Waals surface area contributed by atoms with Crippen molar-refractivity contribution >= 4 is 17.5 Å². The minimum atomic E-state index is -0.834. The monoisotopic (exact) mass is 211 g/mol. The molecule has 3 nitrogen and oxygen atoms in total. The third-order valence-corrected chi connectivity index (χ3v) is 2.66. The Hall–Kier alpha value is -1.06. The summed E-state index contributed by atoms with van der Waals surface area (Å²) in [6.45, 7) is 1.75. The molecule has 1 aliphatic heterocycles. The van der Waals surface area contributed by atoms with Crippen LogP contribution in [0.15, 0.2) is 24.3 Å². The van der Waals surface area contributed by atoms with Gasteiger partial charge >= 0.3 is 0 Å². The van der Waals surface area contributed by atoms with Gasteiger partial charge in [0.2, 0.25) is 0 Å². The van der Waals surface area contributed by atoms with Crippen LogP contribution >= 0.6 is 11.6 Å². The summed E-state index contributed by atoms with van der Waals surface area (Å²) in [5.41, 5.74) is -0.00992. The topological polar surface area (TPSA) is 29.5 Å². The van der Waals surface area contributed by atoms with Gasteiger partial charge in [0.15, 0.2) is 5.60 Å². The molecule has 4 heteroatoms. The predicted molar refractivity (Wildman–Crippen MR) is 52.7 cm³/mol. The highest BCUT2D eigenvalue weighted by Gasteiger charge is 2.50. The normalized spacial score (nSPS) is 26.2. The minimum Gasteiger partial charge on any atom is -0.269 e. The molecule has 0 bridgehead atoms. The summed E-state index contributed by atoms with van der Waals surface area (Å²) in [6.07, 6.45) is 0. The average Bonchev–Trinajstić information content (AvgIpc) is 2.18. The highest BCUT2D eigenvalue weighted by molar-refractivity contribution is 6.30. The van der Waals surface area contributed by atoms with E-state index in [1.165, 1.54) is 5.06 Å². The number of nitrogens with zero attached hydrogens (tertiary/aromatic N) is 1. The van der Waals surface area contributed by atoms with E-state index in [-0.39, 0.29) is 5.91 Å². The molecule has 1 unspecified atom stereocenters. The van der Waals surface area contributed by atoms with E-state index in [1.807, 2.05) is 0 Å². The van der Waals surface area contributed by atoms with Crippen LogP contribution in [0.5, 0.6) is 0 Å². The maximum atomic E-state index is 11.5. The predicted octanol–water partition coefficient (Wildman–Crippen LogP) is 1.96.